The highest BCUT2D eigenvalue weighted by Crippen LogP contribution is 2.39. The summed E-state index contributed by atoms with van der Waals surface area (Å²) in [6.07, 6.45) is 1.07. The Kier molecular flexibility index (Phi) is 4.89. The van der Waals surface area contributed by atoms with E-state index in [9.17, 15) is 14.7 Å². The number of hydrogen-bond acceptors (Lipinski definition) is 5. The lowest BCUT2D eigenvalue weighted by Crippen LogP contribution is -2.62. The van der Waals surface area contributed by atoms with Crippen LogP contribution >= 0.6 is 0 Å². The first kappa shape index (κ1) is 20.8. The zero-order valence-corrected chi connectivity index (χ0v) is 18.8. The molecule has 7 nitrogen and oxygen atoms in total. The molecule has 2 atom stereocenters. The molecule has 1 saturated carbocycles. The topological polar surface area (TPSA) is 76.1 Å². The van der Waals surface area contributed by atoms with Crippen molar-refractivity contribution in [3.63, 3.8) is 0 Å². The molecule has 7 heteroatoms. The van der Waals surface area contributed by atoms with Crippen LogP contribution in [0.3, 0.4) is 0 Å². The summed E-state index contributed by atoms with van der Waals surface area (Å²) in [5, 5.41) is 13.6. The van der Waals surface area contributed by atoms with E-state index in [0.29, 0.717) is 31.5 Å². The van der Waals surface area contributed by atoms with Crippen LogP contribution in [0.1, 0.15) is 37.0 Å². The molecule has 2 heterocycles. The third kappa shape index (κ3) is 3.50. The monoisotopic (exact) mass is 434 g/mol. The SMILES string of the molecule is CC1CN(C(=O)c2ccc(-c3ccc4c(c3)NCN4C)cc2)CC(C)N1C(=O)C1(O)CC1. The minimum Gasteiger partial charge on any atom is -0.380 e. The van der Waals surface area contributed by atoms with Crippen molar-refractivity contribution >= 4 is 23.2 Å². The maximum absolute atomic E-state index is 13.2. The summed E-state index contributed by atoms with van der Waals surface area (Å²) >= 11 is 0. The molecule has 0 aromatic heterocycles. The van der Waals surface area contributed by atoms with E-state index in [-0.39, 0.29) is 23.9 Å². The Balaban J connectivity index is 1.29. The maximum Gasteiger partial charge on any atom is 0.255 e. The van der Waals surface area contributed by atoms with Crippen molar-refractivity contribution < 1.29 is 14.7 Å². The minimum absolute atomic E-state index is 0.0234. The van der Waals surface area contributed by atoms with Gasteiger partial charge in [0.1, 0.15) is 5.60 Å². The van der Waals surface area contributed by atoms with E-state index >= 15 is 0 Å². The van der Waals surface area contributed by atoms with Crippen molar-refractivity contribution in [2.45, 2.75) is 44.4 Å². The van der Waals surface area contributed by atoms with E-state index < -0.39 is 5.60 Å². The molecule has 2 aromatic rings. The summed E-state index contributed by atoms with van der Waals surface area (Å²) in [6, 6.07) is 13.8. The second kappa shape index (κ2) is 7.52. The molecule has 2 amide bonds. The Hall–Kier alpha value is -3.06. The number of nitrogens with one attached hydrogen (secondary N) is 1. The quantitative estimate of drug-likeness (QED) is 0.777. The molecule has 3 aliphatic rings. The van der Waals surface area contributed by atoms with Gasteiger partial charge in [-0.05, 0) is 62.1 Å². The van der Waals surface area contributed by atoms with Crippen LogP contribution in [0.25, 0.3) is 11.1 Å². The van der Waals surface area contributed by atoms with E-state index in [1.807, 2.05) is 43.0 Å². The average Bonchev–Trinajstić information content (AvgIpc) is 3.44. The van der Waals surface area contributed by atoms with Crippen LogP contribution in [0.15, 0.2) is 42.5 Å². The van der Waals surface area contributed by atoms with Crippen LogP contribution in [-0.4, -0.2) is 71.2 Å². The third-order valence-corrected chi connectivity index (χ3v) is 6.94. The number of carbonyl (C=O) groups excluding carboxylic acids is 2. The molecule has 2 aliphatic heterocycles. The van der Waals surface area contributed by atoms with Gasteiger partial charge in [-0.15, -0.1) is 0 Å². The largest absolute Gasteiger partial charge is 0.380 e. The van der Waals surface area contributed by atoms with Gasteiger partial charge < -0.3 is 25.1 Å². The van der Waals surface area contributed by atoms with Crippen LogP contribution < -0.4 is 10.2 Å². The van der Waals surface area contributed by atoms with Gasteiger partial charge in [-0.1, -0.05) is 18.2 Å². The lowest BCUT2D eigenvalue weighted by molar-refractivity contribution is -0.150. The van der Waals surface area contributed by atoms with Crippen molar-refractivity contribution in [1.29, 1.82) is 0 Å². The second-order valence-corrected chi connectivity index (χ2v) is 9.49. The van der Waals surface area contributed by atoms with E-state index in [1.54, 1.807) is 4.90 Å². The van der Waals surface area contributed by atoms with Gasteiger partial charge in [-0.2, -0.15) is 0 Å². The molecule has 168 valence electrons. The first-order chi connectivity index (χ1) is 15.3. The fourth-order valence-electron chi connectivity index (χ4n) is 4.93. The number of aliphatic hydroxyl groups is 1. The fraction of sp³-hybridized carbons (Fsp3) is 0.440. The van der Waals surface area contributed by atoms with Gasteiger partial charge in [0.05, 0.1) is 18.0 Å². The van der Waals surface area contributed by atoms with Gasteiger partial charge >= 0.3 is 0 Å². The number of anilines is 2. The van der Waals surface area contributed by atoms with Crippen molar-refractivity contribution in [2.24, 2.45) is 0 Å². The number of rotatable bonds is 3. The Morgan fingerprint density at radius 3 is 2.25 bits per heavy atom. The fourth-order valence-corrected chi connectivity index (χ4v) is 4.93. The van der Waals surface area contributed by atoms with Crippen molar-refractivity contribution in [3.05, 3.63) is 48.0 Å². The van der Waals surface area contributed by atoms with E-state index in [1.165, 1.54) is 5.69 Å². The molecular formula is C25H30N4O3. The summed E-state index contributed by atoms with van der Waals surface area (Å²) in [5.74, 6) is -0.214. The zero-order valence-electron chi connectivity index (χ0n) is 18.8. The summed E-state index contributed by atoms with van der Waals surface area (Å²) in [4.78, 5) is 31.6. The normalized spacial score (nSPS) is 23.6. The molecule has 0 spiro atoms. The molecule has 1 saturated heterocycles. The van der Waals surface area contributed by atoms with Crippen LogP contribution in [0.4, 0.5) is 11.4 Å². The Morgan fingerprint density at radius 2 is 1.62 bits per heavy atom. The highest BCUT2D eigenvalue weighted by Gasteiger charge is 2.52. The van der Waals surface area contributed by atoms with Gasteiger partial charge in [-0.25, -0.2) is 0 Å². The number of piperazine rings is 1. The first-order valence-electron chi connectivity index (χ1n) is 11.3. The third-order valence-electron chi connectivity index (χ3n) is 6.94. The molecule has 5 rings (SSSR count). The number of carbonyl (C=O) groups is 2. The molecular weight excluding hydrogens is 404 g/mol. The molecule has 2 N–H and O–H groups in total. The van der Waals surface area contributed by atoms with E-state index in [2.05, 4.69) is 35.5 Å². The molecule has 2 fully saturated rings. The molecule has 2 unspecified atom stereocenters. The van der Waals surface area contributed by atoms with Crippen molar-refractivity contribution in [2.75, 3.05) is 37.0 Å². The molecule has 0 bridgehead atoms. The maximum atomic E-state index is 13.2. The molecule has 0 radical (unpaired) electrons. The van der Waals surface area contributed by atoms with E-state index in [0.717, 1.165) is 23.5 Å². The number of fused-ring (bicyclic) bond motifs is 1. The smallest absolute Gasteiger partial charge is 0.255 e. The highest BCUT2D eigenvalue weighted by atomic mass is 16.3. The van der Waals surface area contributed by atoms with Gasteiger partial charge in [0.15, 0.2) is 0 Å². The van der Waals surface area contributed by atoms with Gasteiger partial charge in [0.2, 0.25) is 0 Å². The molecule has 2 aromatic carbocycles. The minimum atomic E-state index is -1.17. The average molecular weight is 435 g/mol. The lowest BCUT2D eigenvalue weighted by atomic mass is 10.0. The summed E-state index contributed by atoms with van der Waals surface area (Å²) in [6.45, 7) is 5.64. The van der Waals surface area contributed by atoms with Crippen LogP contribution in [0.2, 0.25) is 0 Å². The predicted octanol–water partition coefficient (Wildman–Crippen LogP) is 2.76. The van der Waals surface area contributed by atoms with Crippen LogP contribution in [-0.2, 0) is 4.79 Å². The summed E-state index contributed by atoms with van der Waals surface area (Å²) in [5.41, 5.74) is 3.96. The van der Waals surface area contributed by atoms with Gasteiger partial charge in [0.25, 0.3) is 11.8 Å². The summed E-state index contributed by atoms with van der Waals surface area (Å²) < 4.78 is 0. The second-order valence-electron chi connectivity index (χ2n) is 9.49. The molecule has 1 aliphatic carbocycles. The highest BCUT2D eigenvalue weighted by molar-refractivity contribution is 5.95. The Bertz CT molecular complexity index is 1050. The Labute approximate surface area is 188 Å². The van der Waals surface area contributed by atoms with Gasteiger partial charge in [-0.3, -0.25) is 9.59 Å². The van der Waals surface area contributed by atoms with Crippen molar-refractivity contribution in [3.8, 4) is 11.1 Å². The number of benzene rings is 2. The number of nitrogens with zero attached hydrogens (tertiary/aromatic N) is 3. The zero-order chi connectivity index (χ0) is 22.6. The molecule has 32 heavy (non-hydrogen) atoms. The lowest BCUT2D eigenvalue weighted by Gasteiger charge is -2.45. The summed E-state index contributed by atoms with van der Waals surface area (Å²) in [7, 11) is 2.06. The van der Waals surface area contributed by atoms with Crippen LogP contribution in [0, 0.1) is 0 Å². The van der Waals surface area contributed by atoms with Crippen molar-refractivity contribution in [1.82, 2.24) is 9.80 Å². The first-order valence-corrected chi connectivity index (χ1v) is 11.3. The Morgan fingerprint density at radius 1 is 1.00 bits per heavy atom. The number of amides is 2. The standard InChI is InChI=1S/C25H30N4O3/c1-16-13-28(14-17(2)29(16)24(31)25(32)10-11-25)23(30)19-6-4-18(5-7-19)20-8-9-22-21(12-20)26-15-27(22)3/h4-9,12,16-17,26,32H,10-11,13-15H2,1-3H3. The van der Waals surface area contributed by atoms with Crippen LogP contribution in [0.5, 0.6) is 0 Å². The number of hydrogen-bond donors (Lipinski definition) is 2. The van der Waals surface area contributed by atoms with E-state index in [4.69, 9.17) is 0 Å². The predicted molar refractivity (Wildman–Crippen MR) is 125 cm³/mol. The van der Waals surface area contributed by atoms with Gasteiger partial charge in [0, 0.05) is 37.8 Å².